The highest BCUT2D eigenvalue weighted by Crippen LogP contribution is 2.37. The topological polar surface area (TPSA) is 125 Å². The molecule has 0 unspecified atom stereocenters. The molecule has 1 amide bonds. The van der Waals surface area contributed by atoms with E-state index in [0.717, 1.165) is 80.6 Å². The van der Waals surface area contributed by atoms with Gasteiger partial charge in [-0.1, -0.05) is 79.0 Å². The third kappa shape index (κ3) is 9.50. The van der Waals surface area contributed by atoms with Crippen molar-refractivity contribution in [3.8, 4) is 11.1 Å². The molecular formula is C42H42ClN5O5S2. The fraction of sp³-hybridized carbons (Fsp3) is 0.262. The lowest BCUT2D eigenvalue weighted by Gasteiger charge is -2.36. The molecule has 0 aromatic heterocycles. The van der Waals surface area contributed by atoms with Crippen LogP contribution in [0.3, 0.4) is 0 Å². The number of nitrogens with one attached hydrogen (secondary N) is 2. The lowest BCUT2D eigenvalue weighted by atomic mass is 9.94. The second kappa shape index (κ2) is 17.3. The zero-order chi connectivity index (χ0) is 38.4. The molecule has 2 atom stereocenters. The molecule has 1 aliphatic carbocycles. The average molecular weight is 796 g/mol. The highest BCUT2D eigenvalue weighted by Gasteiger charge is 2.30. The van der Waals surface area contributed by atoms with Gasteiger partial charge in [0.25, 0.3) is 21.6 Å². The maximum atomic E-state index is 13.3. The van der Waals surface area contributed by atoms with Gasteiger partial charge in [0, 0.05) is 71.3 Å². The van der Waals surface area contributed by atoms with Gasteiger partial charge < -0.3 is 10.2 Å². The van der Waals surface area contributed by atoms with Crippen molar-refractivity contribution in [2.75, 3.05) is 36.4 Å². The summed E-state index contributed by atoms with van der Waals surface area (Å²) in [6, 6.07) is 36.9. The molecule has 1 saturated carbocycles. The molecule has 5 aromatic rings. The first-order valence-electron chi connectivity index (χ1n) is 18.4. The van der Waals surface area contributed by atoms with Crippen molar-refractivity contribution in [3.63, 3.8) is 0 Å². The number of anilines is 2. The summed E-state index contributed by atoms with van der Waals surface area (Å²) in [5, 5.41) is 16.4. The molecule has 2 fully saturated rings. The summed E-state index contributed by atoms with van der Waals surface area (Å²) >= 11 is 7.86. The summed E-state index contributed by atoms with van der Waals surface area (Å²) in [6.07, 6.45) is 3.87. The molecule has 0 spiro atoms. The first kappa shape index (κ1) is 38.4. The van der Waals surface area contributed by atoms with Gasteiger partial charge in [0.2, 0.25) is 0 Å². The Morgan fingerprint density at radius 2 is 1.53 bits per heavy atom. The fourth-order valence-electron chi connectivity index (χ4n) is 7.27. The minimum absolute atomic E-state index is 0.0325. The molecule has 1 heterocycles. The molecule has 13 heteroatoms. The minimum atomic E-state index is -4.41. The van der Waals surface area contributed by atoms with E-state index in [4.69, 9.17) is 11.6 Å². The Morgan fingerprint density at radius 1 is 0.836 bits per heavy atom. The predicted molar refractivity (Wildman–Crippen MR) is 221 cm³/mol. The highest BCUT2D eigenvalue weighted by atomic mass is 35.5. The van der Waals surface area contributed by atoms with Gasteiger partial charge in [0.05, 0.1) is 9.82 Å². The molecule has 0 bridgehead atoms. The van der Waals surface area contributed by atoms with E-state index in [-0.39, 0.29) is 33.1 Å². The normalized spacial score (nSPS) is 17.7. The van der Waals surface area contributed by atoms with Gasteiger partial charge in [-0.25, -0.2) is 13.1 Å². The van der Waals surface area contributed by atoms with Crippen LogP contribution in [0, 0.1) is 10.1 Å². The third-order valence-corrected chi connectivity index (χ3v) is 13.2. The molecule has 0 radical (unpaired) electrons. The minimum Gasteiger partial charge on any atom is -0.376 e. The fourth-order valence-corrected chi connectivity index (χ4v) is 9.70. The van der Waals surface area contributed by atoms with Crippen molar-refractivity contribution < 1.29 is 18.1 Å². The van der Waals surface area contributed by atoms with Gasteiger partial charge in [0.1, 0.15) is 5.69 Å². The monoisotopic (exact) mass is 795 g/mol. The second-order valence-corrected chi connectivity index (χ2v) is 17.3. The standard InChI is InChI=1S/C42H42ClN5O5S2/c43-33-18-14-30(15-19-33)37-11-5-4-8-32(37)29-46-24-26-47(27-25-46)34-20-16-31(17-21-34)42(49)45-55(52,53)36-22-23-38(40(28-36)48(50)51)44-39-12-6-7-13-41(39)54-35-9-2-1-3-10-35/h1-5,8-11,14-23,28,39,41,44H,6-7,12-13,24-27,29H2,(H,45,49)/t39-,41+/m1/s1. The first-order chi connectivity index (χ1) is 26.6. The van der Waals surface area contributed by atoms with Crippen LogP contribution in [0.2, 0.25) is 5.02 Å². The number of rotatable bonds is 12. The molecule has 10 nitrogen and oxygen atoms in total. The molecule has 1 aliphatic heterocycles. The van der Waals surface area contributed by atoms with E-state index in [9.17, 15) is 23.3 Å². The van der Waals surface area contributed by atoms with Gasteiger partial charge in [-0.05, 0) is 90.2 Å². The lowest BCUT2D eigenvalue weighted by Crippen LogP contribution is -2.46. The van der Waals surface area contributed by atoms with E-state index in [0.29, 0.717) is 5.02 Å². The van der Waals surface area contributed by atoms with Gasteiger partial charge >= 0.3 is 0 Å². The Kier molecular flexibility index (Phi) is 12.1. The summed E-state index contributed by atoms with van der Waals surface area (Å²) < 4.78 is 28.8. The number of amides is 1. The highest BCUT2D eigenvalue weighted by molar-refractivity contribution is 8.00. The summed E-state index contributed by atoms with van der Waals surface area (Å²) in [7, 11) is -4.41. The number of nitro benzene ring substituents is 1. The van der Waals surface area contributed by atoms with E-state index in [1.807, 2.05) is 60.7 Å². The van der Waals surface area contributed by atoms with Crippen molar-refractivity contribution in [1.82, 2.24) is 9.62 Å². The van der Waals surface area contributed by atoms with Crippen molar-refractivity contribution in [2.45, 2.75) is 53.3 Å². The van der Waals surface area contributed by atoms with E-state index in [1.165, 1.54) is 23.3 Å². The molecule has 7 rings (SSSR count). The van der Waals surface area contributed by atoms with Crippen LogP contribution in [0.5, 0.6) is 0 Å². The summed E-state index contributed by atoms with van der Waals surface area (Å²) in [6.45, 7) is 4.10. The Labute approximate surface area is 331 Å². The number of piperazine rings is 1. The lowest BCUT2D eigenvalue weighted by molar-refractivity contribution is -0.384. The molecule has 55 heavy (non-hydrogen) atoms. The second-order valence-electron chi connectivity index (χ2n) is 13.8. The number of halogens is 1. The SMILES string of the molecule is O=C(NS(=O)(=O)c1ccc(N[C@@H]2CCCC[C@@H]2Sc2ccccc2)c([N+](=O)[O-])c1)c1ccc(N2CCN(Cc3ccccc3-c3ccc(Cl)cc3)CC2)cc1. The number of hydrogen-bond acceptors (Lipinski definition) is 9. The molecule has 2 N–H and O–H groups in total. The van der Waals surface area contributed by atoms with Crippen LogP contribution in [0.1, 0.15) is 41.6 Å². The summed E-state index contributed by atoms with van der Waals surface area (Å²) in [5.41, 5.74) is 4.55. The van der Waals surface area contributed by atoms with Crippen LogP contribution in [0.15, 0.2) is 131 Å². The number of sulfonamides is 1. The number of benzene rings is 5. The van der Waals surface area contributed by atoms with Gasteiger partial charge in [-0.3, -0.25) is 19.8 Å². The smallest absolute Gasteiger partial charge is 0.293 e. The van der Waals surface area contributed by atoms with Crippen LogP contribution in [-0.2, 0) is 16.6 Å². The molecule has 2 aliphatic rings. The molecular weight excluding hydrogens is 754 g/mol. The molecule has 5 aromatic carbocycles. The van der Waals surface area contributed by atoms with E-state index in [2.05, 4.69) is 50.2 Å². The van der Waals surface area contributed by atoms with Gasteiger partial charge in [0.15, 0.2) is 0 Å². The van der Waals surface area contributed by atoms with Crippen LogP contribution in [0.4, 0.5) is 17.1 Å². The van der Waals surface area contributed by atoms with Gasteiger partial charge in [-0.2, -0.15) is 0 Å². The van der Waals surface area contributed by atoms with E-state index < -0.39 is 20.9 Å². The number of hydrogen-bond donors (Lipinski definition) is 2. The van der Waals surface area contributed by atoms with E-state index in [1.54, 1.807) is 23.9 Å². The Balaban J connectivity index is 0.958. The average Bonchev–Trinajstić information content (AvgIpc) is 3.20. The third-order valence-electron chi connectivity index (χ3n) is 10.2. The number of nitrogens with zero attached hydrogens (tertiary/aromatic N) is 3. The van der Waals surface area contributed by atoms with Gasteiger partial charge in [-0.15, -0.1) is 11.8 Å². The number of nitro groups is 1. The summed E-state index contributed by atoms with van der Waals surface area (Å²) in [4.78, 5) is 30.2. The van der Waals surface area contributed by atoms with Crippen LogP contribution < -0.4 is 14.9 Å². The zero-order valence-electron chi connectivity index (χ0n) is 30.1. The van der Waals surface area contributed by atoms with Crippen LogP contribution in [-0.4, -0.2) is 61.6 Å². The van der Waals surface area contributed by atoms with Crippen molar-refractivity contribution in [3.05, 3.63) is 148 Å². The predicted octanol–water partition coefficient (Wildman–Crippen LogP) is 8.87. The van der Waals surface area contributed by atoms with Crippen molar-refractivity contribution in [1.29, 1.82) is 0 Å². The zero-order valence-corrected chi connectivity index (χ0v) is 32.5. The van der Waals surface area contributed by atoms with Crippen LogP contribution >= 0.6 is 23.4 Å². The molecule has 1 saturated heterocycles. The Morgan fingerprint density at radius 3 is 2.25 bits per heavy atom. The number of thioether (sulfide) groups is 1. The van der Waals surface area contributed by atoms with Crippen molar-refractivity contribution >= 4 is 56.4 Å². The maximum Gasteiger partial charge on any atom is 0.293 e. The Hall–Kier alpha value is -4.88. The quantitative estimate of drug-likeness (QED) is 0.0941. The Bertz CT molecular complexity index is 2230. The van der Waals surface area contributed by atoms with Crippen LogP contribution in [0.25, 0.3) is 11.1 Å². The molecule has 284 valence electrons. The van der Waals surface area contributed by atoms with E-state index >= 15 is 0 Å². The number of carbonyl (C=O) groups is 1. The number of carbonyl (C=O) groups excluding carboxylic acids is 1. The maximum absolute atomic E-state index is 13.3. The summed E-state index contributed by atoms with van der Waals surface area (Å²) in [5.74, 6) is -0.816. The first-order valence-corrected chi connectivity index (χ1v) is 21.1. The largest absolute Gasteiger partial charge is 0.376 e. The van der Waals surface area contributed by atoms with Crippen molar-refractivity contribution in [2.24, 2.45) is 0 Å².